The van der Waals surface area contributed by atoms with Crippen molar-refractivity contribution in [2.75, 3.05) is 6.54 Å². The van der Waals surface area contributed by atoms with E-state index in [1.807, 2.05) is 0 Å². The van der Waals surface area contributed by atoms with Crippen LogP contribution in [0.1, 0.15) is 55.3 Å². The molecular weight excluding hydrogens is 284 g/mol. The maximum Gasteiger partial charge on any atom is 0.377 e. The van der Waals surface area contributed by atoms with Crippen LogP contribution in [-0.4, -0.2) is 29.7 Å². The highest BCUT2D eigenvalue weighted by molar-refractivity contribution is 5.89. The average molecular weight is 306 g/mol. The first-order chi connectivity index (χ1) is 10.6. The second-order valence-corrected chi connectivity index (χ2v) is 5.53. The summed E-state index contributed by atoms with van der Waals surface area (Å²) in [4.78, 5) is 23.7. The van der Waals surface area contributed by atoms with E-state index in [1.54, 1.807) is 6.92 Å². The smallest absolute Gasteiger partial charge is 0.377 e. The quantitative estimate of drug-likeness (QED) is 0.645. The summed E-state index contributed by atoms with van der Waals surface area (Å²) < 4.78 is 9.86. The highest BCUT2D eigenvalue weighted by Crippen LogP contribution is 2.19. The molecule has 0 aromatic carbocycles. The van der Waals surface area contributed by atoms with E-state index in [9.17, 15) is 9.59 Å². The molecule has 120 valence electrons. The Morgan fingerprint density at radius 3 is 2.91 bits per heavy atom. The fraction of sp³-hybridized carbons (Fsp3) is 0.562. The third kappa shape index (κ3) is 4.72. The minimum atomic E-state index is -0.863. The third-order valence-electron chi connectivity index (χ3n) is 3.61. The predicted molar refractivity (Wildman–Crippen MR) is 80.3 cm³/mol. The Labute approximate surface area is 129 Å². The molecule has 0 aliphatic heterocycles. The zero-order chi connectivity index (χ0) is 15.9. The Balaban J connectivity index is 1.72. The molecule has 1 heterocycles. The average Bonchev–Trinajstić information content (AvgIpc) is 2.95. The van der Waals surface area contributed by atoms with E-state index >= 15 is 0 Å². The molecular formula is C16H22N2O4. The molecule has 22 heavy (non-hydrogen) atoms. The van der Waals surface area contributed by atoms with Gasteiger partial charge in [0.1, 0.15) is 0 Å². The van der Waals surface area contributed by atoms with Crippen LogP contribution >= 0.6 is 0 Å². The molecule has 1 atom stereocenters. The van der Waals surface area contributed by atoms with Crippen LogP contribution in [0.5, 0.6) is 0 Å². The summed E-state index contributed by atoms with van der Waals surface area (Å²) in [5.41, 5.74) is 1.98. The Morgan fingerprint density at radius 2 is 2.27 bits per heavy atom. The Hall–Kier alpha value is -2.11. The number of aromatic nitrogens is 1. The number of amides is 1. The standard InChI is InChI=1S/C16H22N2O4/c1-11-10-14(22-18-11)16(20)21-12(2)15(19)17-9-8-13-6-4-3-5-7-13/h6,10,12H,3-5,7-9H2,1-2H3,(H,17,19)/t12-/m0/s1. The molecule has 1 N–H and O–H groups in total. The van der Waals surface area contributed by atoms with Crippen LogP contribution in [0.3, 0.4) is 0 Å². The number of hydrogen-bond donors (Lipinski definition) is 1. The van der Waals surface area contributed by atoms with Crippen LogP contribution in [0.4, 0.5) is 0 Å². The lowest BCUT2D eigenvalue weighted by Crippen LogP contribution is -2.36. The van der Waals surface area contributed by atoms with Crippen LogP contribution in [0.2, 0.25) is 0 Å². The van der Waals surface area contributed by atoms with E-state index in [0.29, 0.717) is 12.2 Å². The predicted octanol–water partition coefficient (Wildman–Crippen LogP) is 2.54. The fourth-order valence-electron chi connectivity index (χ4n) is 2.35. The van der Waals surface area contributed by atoms with E-state index in [-0.39, 0.29) is 11.7 Å². The van der Waals surface area contributed by atoms with Crippen molar-refractivity contribution < 1.29 is 18.8 Å². The molecule has 0 radical (unpaired) electrons. The summed E-state index contributed by atoms with van der Waals surface area (Å²) in [5, 5.41) is 6.40. The monoisotopic (exact) mass is 306 g/mol. The van der Waals surface area contributed by atoms with E-state index in [1.165, 1.54) is 31.4 Å². The first kappa shape index (κ1) is 16.3. The summed E-state index contributed by atoms with van der Waals surface area (Å²) in [5.74, 6) is -0.983. The van der Waals surface area contributed by atoms with Gasteiger partial charge in [-0.3, -0.25) is 4.79 Å². The summed E-state index contributed by atoms with van der Waals surface area (Å²) >= 11 is 0. The van der Waals surface area contributed by atoms with E-state index in [0.717, 1.165) is 19.3 Å². The second kappa shape index (κ2) is 7.77. The zero-order valence-corrected chi connectivity index (χ0v) is 13.1. The van der Waals surface area contributed by atoms with Gasteiger partial charge in [0.15, 0.2) is 6.10 Å². The Bertz CT molecular complexity index is 562. The lowest BCUT2D eigenvalue weighted by molar-refractivity contribution is -0.129. The number of esters is 1. The normalized spacial score (nSPS) is 15.8. The van der Waals surface area contributed by atoms with Gasteiger partial charge in [0, 0.05) is 12.6 Å². The molecule has 0 saturated heterocycles. The molecule has 0 fully saturated rings. The first-order valence-electron chi connectivity index (χ1n) is 7.66. The molecule has 1 aromatic rings. The van der Waals surface area contributed by atoms with Crippen molar-refractivity contribution >= 4 is 11.9 Å². The maximum absolute atomic E-state index is 11.9. The summed E-state index contributed by atoms with van der Waals surface area (Å²) in [6.45, 7) is 3.81. The van der Waals surface area contributed by atoms with Crippen LogP contribution in [0, 0.1) is 6.92 Å². The minimum absolute atomic E-state index is 0.00418. The van der Waals surface area contributed by atoms with Crippen LogP contribution in [-0.2, 0) is 9.53 Å². The number of allylic oxidation sites excluding steroid dienone is 1. The molecule has 0 saturated carbocycles. The molecule has 1 aliphatic rings. The van der Waals surface area contributed by atoms with Crippen molar-refractivity contribution in [2.24, 2.45) is 0 Å². The Kier molecular flexibility index (Phi) is 5.75. The summed E-state index contributed by atoms with van der Waals surface area (Å²) in [7, 11) is 0. The molecule has 6 heteroatoms. The topological polar surface area (TPSA) is 81.4 Å². The Morgan fingerprint density at radius 1 is 1.45 bits per heavy atom. The lowest BCUT2D eigenvalue weighted by Gasteiger charge is -2.15. The molecule has 1 aromatic heterocycles. The molecule has 2 rings (SSSR count). The van der Waals surface area contributed by atoms with Crippen molar-refractivity contribution in [3.8, 4) is 0 Å². The first-order valence-corrected chi connectivity index (χ1v) is 7.66. The van der Waals surface area contributed by atoms with Crippen molar-refractivity contribution in [2.45, 2.75) is 52.1 Å². The van der Waals surface area contributed by atoms with Crippen LogP contribution in [0.25, 0.3) is 0 Å². The van der Waals surface area contributed by atoms with E-state index in [4.69, 9.17) is 9.26 Å². The van der Waals surface area contributed by atoms with Gasteiger partial charge in [-0.1, -0.05) is 16.8 Å². The van der Waals surface area contributed by atoms with Gasteiger partial charge in [0.2, 0.25) is 5.76 Å². The van der Waals surface area contributed by atoms with Gasteiger partial charge in [-0.25, -0.2) is 4.79 Å². The number of carbonyl (C=O) groups excluding carboxylic acids is 2. The molecule has 1 amide bonds. The van der Waals surface area contributed by atoms with Gasteiger partial charge >= 0.3 is 5.97 Å². The number of aryl methyl sites for hydroxylation is 1. The highest BCUT2D eigenvalue weighted by atomic mass is 16.6. The number of hydrogen-bond acceptors (Lipinski definition) is 5. The van der Waals surface area contributed by atoms with Gasteiger partial charge in [0.05, 0.1) is 5.69 Å². The van der Waals surface area contributed by atoms with Gasteiger partial charge < -0.3 is 14.6 Å². The van der Waals surface area contributed by atoms with Gasteiger partial charge in [-0.2, -0.15) is 0 Å². The number of rotatable bonds is 6. The summed E-state index contributed by atoms with van der Waals surface area (Å²) in [6.07, 6.45) is 6.98. The number of nitrogens with zero attached hydrogens (tertiary/aromatic N) is 1. The largest absolute Gasteiger partial charge is 0.447 e. The molecule has 6 nitrogen and oxygen atoms in total. The molecule has 0 spiro atoms. The van der Waals surface area contributed by atoms with Crippen LogP contribution in [0.15, 0.2) is 22.2 Å². The van der Waals surface area contributed by atoms with Gasteiger partial charge in [-0.15, -0.1) is 0 Å². The van der Waals surface area contributed by atoms with Crippen molar-refractivity contribution in [1.29, 1.82) is 0 Å². The van der Waals surface area contributed by atoms with Crippen molar-refractivity contribution in [1.82, 2.24) is 10.5 Å². The van der Waals surface area contributed by atoms with Crippen molar-refractivity contribution in [3.63, 3.8) is 0 Å². The van der Waals surface area contributed by atoms with Crippen molar-refractivity contribution in [3.05, 3.63) is 29.2 Å². The van der Waals surface area contributed by atoms with E-state index in [2.05, 4.69) is 16.5 Å². The highest BCUT2D eigenvalue weighted by Gasteiger charge is 2.21. The molecule has 1 aliphatic carbocycles. The number of ether oxygens (including phenoxy) is 1. The zero-order valence-electron chi connectivity index (χ0n) is 13.1. The minimum Gasteiger partial charge on any atom is -0.447 e. The van der Waals surface area contributed by atoms with E-state index < -0.39 is 12.1 Å². The fourth-order valence-corrected chi connectivity index (χ4v) is 2.35. The summed E-state index contributed by atoms with van der Waals surface area (Å²) in [6, 6.07) is 1.47. The number of nitrogens with one attached hydrogen (secondary N) is 1. The van der Waals surface area contributed by atoms with Crippen LogP contribution < -0.4 is 5.32 Å². The van der Waals surface area contributed by atoms with Gasteiger partial charge in [-0.05, 0) is 46.0 Å². The lowest BCUT2D eigenvalue weighted by atomic mass is 9.97. The maximum atomic E-state index is 11.9. The molecule has 0 unspecified atom stereocenters. The number of carbonyl (C=O) groups is 2. The molecule has 0 bridgehead atoms. The van der Waals surface area contributed by atoms with Gasteiger partial charge in [0.25, 0.3) is 5.91 Å². The SMILES string of the molecule is Cc1cc(C(=O)O[C@@H](C)C(=O)NCCC2=CCCCC2)on1. The third-order valence-corrected chi connectivity index (χ3v) is 3.61. The second-order valence-electron chi connectivity index (χ2n) is 5.53.